The molecule has 1 unspecified atom stereocenters. The van der Waals surface area contributed by atoms with Crippen LogP contribution >= 0.6 is 0 Å². The van der Waals surface area contributed by atoms with E-state index in [1.165, 1.54) is 6.07 Å². The third kappa shape index (κ3) is 1.98. The van der Waals surface area contributed by atoms with Gasteiger partial charge in [0.05, 0.1) is 5.56 Å². The number of hydrogen-bond acceptors (Lipinski definition) is 3. The van der Waals surface area contributed by atoms with E-state index in [0.717, 1.165) is 12.0 Å². The predicted molar refractivity (Wildman–Crippen MR) is 50.0 cm³/mol. The van der Waals surface area contributed by atoms with Crippen molar-refractivity contribution in [1.29, 1.82) is 5.26 Å². The number of phenols is 1. The Morgan fingerprint density at radius 3 is 2.85 bits per heavy atom. The molecule has 1 aromatic rings. The maximum absolute atomic E-state index is 9.23. The summed E-state index contributed by atoms with van der Waals surface area (Å²) in [6, 6.07) is 6.72. The van der Waals surface area contributed by atoms with Crippen LogP contribution in [0.25, 0.3) is 0 Å². The lowest BCUT2D eigenvalue weighted by Crippen LogP contribution is -2.08. The number of nitrogens with zero attached hydrogens (tertiary/aromatic N) is 1. The van der Waals surface area contributed by atoms with E-state index in [-0.39, 0.29) is 17.4 Å². The largest absolute Gasteiger partial charge is 0.507 e. The Bertz CT molecular complexity index is 341. The fourth-order valence-electron chi connectivity index (χ4n) is 1.11. The van der Waals surface area contributed by atoms with E-state index in [4.69, 9.17) is 11.0 Å². The molecule has 13 heavy (non-hydrogen) atoms. The summed E-state index contributed by atoms with van der Waals surface area (Å²) in [6.07, 6.45) is 0.815. The van der Waals surface area contributed by atoms with Gasteiger partial charge in [-0.05, 0) is 24.1 Å². The molecule has 0 amide bonds. The number of phenolic OH excluding ortho intramolecular Hbond substituents is 1. The summed E-state index contributed by atoms with van der Waals surface area (Å²) in [6.45, 7) is 1.98. The molecule has 1 atom stereocenters. The zero-order valence-corrected chi connectivity index (χ0v) is 7.49. The first-order valence-corrected chi connectivity index (χ1v) is 4.17. The summed E-state index contributed by atoms with van der Waals surface area (Å²) in [5.41, 5.74) is 6.94. The molecule has 0 fully saturated rings. The van der Waals surface area contributed by atoms with Crippen LogP contribution in [0.3, 0.4) is 0 Å². The van der Waals surface area contributed by atoms with Crippen molar-refractivity contribution in [3.05, 3.63) is 29.3 Å². The highest BCUT2D eigenvalue weighted by Gasteiger charge is 2.06. The van der Waals surface area contributed by atoms with Crippen LogP contribution in [0.5, 0.6) is 5.75 Å². The average molecular weight is 176 g/mol. The fourth-order valence-corrected chi connectivity index (χ4v) is 1.11. The van der Waals surface area contributed by atoms with Crippen molar-refractivity contribution in [2.75, 3.05) is 0 Å². The SMILES string of the molecule is CCC(N)c1ccc(O)c(C#N)c1. The number of rotatable bonds is 2. The first-order chi connectivity index (χ1) is 6.19. The lowest BCUT2D eigenvalue weighted by Gasteiger charge is -2.09. The van der Waals surface area contributed by atoms with Crippen LogP contribution in [0, 0.1) is 11.3 Å². The summed E-state index contributed by atoms with van der Waals surface area (Å²) in [5, 5.41) is 17.9. The van der Waals surface area contributed by atoms with Crippen LogP contribution in [0.4, 0.5) is 0 Å². The molecule has 0 saturated carbocycles. The third-order valence-corrected chi connectivity index (χ3v) is 2.01. The Morgan fingerprint density at radius 2 is 2.31 bits per heavy atom. The average Bonchev–Trinajstić information content (AvgIpc) is 2.17. The number of aromatic hydroxyl groups is 1. The maximum Gasteiger partial charge on any atom is 0.133 e. The van der Waals surface area contributed by atoms with Crippen molar-refractivity contribution in [1.82, 2.24) is 0 Å². The first-order valence-electron chi connectivity index (χ1n) is 4.17. The van der Waals surface area contributed by atoms with E-state index >= 15 is 0 Å². The quantitative estimate of drug-likeness (QED) is 0.720. The molecule has 0 aliphatic heterocycles. The van der Waals surface area contributed by atoms with Gasteiger partial charge in [-0.2, -0.15) is 5.26 Å². The van der Waals surface area contributed by atoms with E-state index in [1.54, 1.807) is 12.1 Å². The second kappa shape index (κ2) is 3.92. The summed E-state index contributed by atoms with van der Waals surface area (Å²) in [7, 11) is 0. The van der Waals surface area contributed by atoms with Gasteiger partial charge in [0.2, 0.25) is 0 Å². The molecule has 1 aromatic carbocycles. The minimum atomic E-state index is -0.0623. The number of nitriles is 1. The lowest BCUT2D eigenvalue weighted by atomic mass is 10.0. The normalized spacial score (nSPS) is 12.1. The van der Waals surface area contributed by atoms with Crippen molar-refractivity contribution in [3.63, 3.8) is 0 Å². The van der Waals surface area contributed by atoms with Gasteiger partial charge < -0.3 is 10.8 Å². The highest BCUT2D eigenvalue weighted by molar-refractivity contribution is 5.45. The highest BCUT2D eigenvalue weighted by Crippen LogP contribution is 2.21. The van der Waals surface area contributed by atoms with Crippen LogP contribution < -0.4 is 5.73 Å². The zero-order valence-electron chi connectivity index (χ0n) is 7.49. The second-order valence-electron chi connectivity index (χ2n) is 2.90. The standard InChI is InChI=1S/C10H12N2O/c1-2-9(12)7-3-4-10(13)8(5-7)6-11/h3-5,9,13H,2,12H2,1H3. The molecule has 0 spiro atoms. The molecule has 0 aliphatic carbocycles. The van der Waals surface area contributed by atoms with Crippen molar-refractivity contribution in [3.8, 4) is 11.8 Å². The molecule has 0 radical (unpaired) electrons. The highest BCUT2D eigenvalue weighted by atomic mass is 16.3. The van der Waals surface area contributed by atoms with E-state index < -0.39 is 0 Å². The van der Waals surface area contributed by atoms with Gasteiger partial charge in [-0.15, -0.1) is 0 Å². The fraction of sp³-hybridized carbons (Fsp3) is 0.300. The van der Waals surface area contributed by atoms with E-state index in [2.05, 4.69) is 0 Å². The topological polar surface area (TPSA) is 70.0 Å². The van der Waals surface area contributed by atoms with Crippen LogP contribution in [-0.2, 0) is 0 Å². The zero-order chi connectivity index (χ0) is 9.84. The molecule has 0 bridgehead atoms. The molecule has 3 N–H and O–H groups in total. The van der Waals surface area contributed by atoms with Gasteiger partial charge in [0, 0.05) is 6.04 Å². The molecule has 3 nitrogen and oxygen atoms in total. The van der Waals surface area contributed by atoms with Crippen molar-refractivity contribution >= 4 is 0 Å². The molecule has 0 aromatic heterocycles. The van der Waals surface area contributed by atoms with Crippen LogP contribution in [-0.4, -0.2) is 5.11 Å². The molecule has 0 saturated heterocycles. The van der Waals surface area contributed by atoms with Gasteiger partial charge in [0.25, 0.3) is 0 Å². The van der Waals surface area contributed by atoms with Gasteiger partial charge in [-0.1, -0.05) is 13.0 Å². The molecule has 0 aliphatic rings. The van der Waals surface area contributed by atoms with Crippen LogP contribution in [0.15, 0.2) is 18.2 Å². The number of hydrogen-bond donors (Lipinski definition) is 2. The summed E-state index contributed by atoms with van der Waals surface area (Å²) in [5.74, 6) is 0.00885. The monoisotopic (exact) mass is 176 g/mol. The number of benzene rings is 1. The molecule has 1 rings (SSSR count). The predicted octanol–water partition coefficient (Wildman–Crippen LogP) is 1.67. The van der Waals surface area contributed by atoms with Crippen molar-refractivity contribution in [2.45, 2.75) is 19.4 Å². The maximum atomic E-state index is 9.23. The molecular formula is C10H12N2O. The van der Waals surface area contributed by atoms with E-state index in [1.807, 2.05) is 13.0 Å². The van der Waals surface area contributed by atoms with E-state index in [0.29, 0.717) is 0 Å². The number of nitrogens with two attached hydrogens (primary N) is 1. The molecule has 0 heterocycles. The summed E-state index contributed by atoms with van der Waals surface area (Å²) in [4.78, 5) is 0. The molecular weight excluding hydrogens is 164 g/mol. The second-order valence-corrected chi connectivity index (χ2v) is 2.90. The van der Waals surface area contributed by atoms with Crippen molar-refractivity contribution < 1.29 is 5.11 Å². The van der Waals surface area contributed by atoms with E-state index in [9.17, 15) is 5.11 Å². The van der Waals surface area contributed by atoms with Gasteiger partial charge >= 0.3 is 0 Å². The third-order valence-electron chi connectivity index (χ3n) is 2.01. The Labute approximate surface area is 77.4 Å². The Kier molecular flexibility index (Phi) is 2.88. The molecule has 3 heteroatoms. The van der Waals surface area contributed by atoms with Gasteiger partial charge in [-0.3, -0.25) is 0 Å². The molecule has 68 valence electrons. The smallest absolute Gasteiger partial charge is 0.133 e. The minimum Gasteiger partial charge on any atom is -0.507 e. The summed E-state index contributed by atoms with van der Waals surface area (Å²) < 4.78 is 0. The van der Waals surface area contributed by atoms with Gasteiger partial charge in [0.1, 0.15) is 11.8 Å². The minimum absolute atomic E-state index is 0.00885. The van der Waals surface area contributed by atoms with Gasteiger partial charge in [0.15, 0.2) is 0 Å². The van der Waals surface area contributed by atoms with Crippen LogP contribution in [0.1, 0.15) is 30.5 Å². The lowest BCUT2D eigenvalue weighted by molar-refractivity contribution is 0.473. The summed E-state index contributed by atoms with van der Waals surface area (Å²) >= 11 is 0. The Balaban J connectivity index is 3.08. The van der Waals surface area contributed by atoms with Gasteiger partial charge in [-0.25, -0.2) is 0 Å². The van der Waals surface area contributed by atoms with Crippen molar-refractivity contribution in [2.24, 2.45) is 5.73 Å². The Hall–Kier alpha value is -1.53. The van der Waals surface area contributed by atoms with Crippen LogP contribution in [0.2, 0.25) is 0 Å². The Morgan fingerprint density at radius 1 is 1.62 bits per heavy atom. The first kappa shape index (κ1) is 9.56.